The average molecular weight is 217 g/mol. The van der Waals surface area contributed by atoms with Crippen LogP contribution in [0, 0.1) is 0 Å². The Bertz CT molecular complexity index is 526. The third-order valence-corrected chi connectivity index (χ3v) is 2.63. The van der Waals surface area contributed by atoms with Crippen LogP contribution in [0.4, 0.5) is 16.2 Å². The molecule has 0 radical (unpaired) electrons. The summed E-state index contributed by atoms with van der Waals surface area (Å²) in [6.07, 6.45) is 0. The minimum Gasteiger partial charge on any atom is -0.322 e. The number of benzene rings is 1. The van der Waals surface area contributed by atoms with Crippen molar-refractivity contribution in [2.75, 3.05) is 10.2 Å². The molecule has 80 valence electrons. The second kappa shape index (κ2) is 2.82. The molecular weight excluding hydrogens is 210 g/mol. The normalized spacial score (nSPS) is 22.4. The van der Waals surface area contributed by atoms with Gasteiger partial charge in [0.2, 0.25) is 0 Å². The van der Waals surface area contributed by atoms with Gasteiger partial charge in [0.15, 0.2) is 6.04 Å². The van der Waals surface area contributed by atoms with E-state index < -0.39 is 23.9 Å². The van der Waals surface area contributed by atoms with Crippen molar-refractivity contribution >= 4 is 29.2 Å². The number of anilines is 2. The Morgan fingerprint density at radius 3 is 2.50 bits per heavy atom. The zero-order valence-corrected chi connectivity index (χ0v) is 8.06. The summed E-state index contributed by atoms with van der Waals surface area (Å²) in [4.78, 5) is 35.8. The summed E-state index contributed by atoms with van der Waals surface area (Å²) in [7, 11) is 0. The number of rotatable bonds is 0. The predicted octanol–water partition coefficient (Wildman–Crippen LogP) is 0.0635. The maximum Gasteiger partial charge on any atom is 0.329 e. The van der Waals surface area contributed by atoms with E-state index in [1.165, 1.54) is 4.90 Å². The highest BCUT2D eigenvalue weighted by Crippen LogP contribution is 2.33. The van der Waals surface area contributed by atoms with Gasteiger partial charge < -0.3 is 5.32 Å². The molecule has 0 bridgehead atoms. The molecule has 0 saturated carbocycles. The zero-order chi connectivity index (χ0) is 11.3. The summed E-state index contributed by atoms with van der Waals surface area (Å²) < 4.78 is 0. The number of hydrogen-bond donors (Lipinski definition) is 2. The number of fused-ring (bicyclic) bond motifs is 3. The van der Waals surface area contributed by atoms with Crippen LogP contribution in [0.2, 0.25) is 0 Å². The Kier molecular flexibility index (Phi) is 1.57. The van der Waals surface area contributed by atoms with E-state index >= 15 is 0 Å². The molecule has 1 fully saturated rings. The van der Waals surface area contributed by atoms with E-state index in [2.05, 4.69) is 10.6 Å². The molecular formula is C10H7N3O3. The number of nitrogens with zero attached hydrogens (tertiary/aromatic N) is 1. The number of hydrogen-bond acceptors (Lipinski definition) is 3. The van der Waals surface area contributed by atoms with E-state index in [-0.39, 0.29) is 0 Å². The fourth-order valence-electron chi connectivity index (χ4n) is 1.94. The van der Waals surface area contributed by atoms with Gasteiger partial charge >= 0.3 is 6.03 Å². The van der Waals surface area contributed by atoms with Gasteiger partial charge in [0.05, 0.1) is 11.4 Å². The molecule has 16 heavy (non-hydrogen) atoms. The van der Waals surface area contributed by atoms with E-state index in [1.54, 1.807) is 24.3 Å². The van der Waals surface area contributed by atoms with Crippen molar-refractivity contribution in [3.63, 3.8) is 0 Å². The van der Waals surface area contributed by atoms with Crippen molar-refractivity contribution in [2.45, 2.75) is 6.04 Å². The van der Waals surface area contributed by atoms with Gasteiger partial charge in [0.25, 0.3) is 11.8 Å². The van der Waals surface area contributed by atoms with Crippen LogP contribution in [0.15, 0.2) is 24.3 Å². The molecule has 0 aliphatic carbocycles. The number of urea groups is 1. The second-order valence-corrected chi connectivity index (χ2v) is 3.57. The maximum atomic E-state index is 11.6. The van der Waals surface area contributed by atoms with Crippen molar-refractivity contribution in [3.05, 3.63) is 24.3 Å². The highest BCUT2D eigenvalue weighted by Gasteiger charge is 2.47. The molecule has 1 aromatic rings. The lowest BCUT2D eigenvalue weighted by molar-refractivity contribution is -0.126. The molecule has 4 amide bonds. The molecule has 2 N–H and O–H groups in total. The van der Waals surface area contributed by atoms with Crippen molar-refractivity contribution in [1.29, 1.82) is 0 Å². The number of carbonyl (C=O) groups excluding carboxylic acids is 3. The quantitative estimate of drug-likeness (QED) is 0.476. The average Bonchev–Trinajstić information content (AvgIpc) is 2.55. The second-order valence-electron chi connectivity index (χ2n) is 3.57. The highest BCUT2D eigenvalue weighted by molar-refractivity contribution is 6.29. The molecule has 1 unspecified atom stereocenters. The van der Waals surface area contributed by atoms with Crippen LogP contribution in [-0.2, 0) is 9.59 Å². The number of carbonyl (C=O) groups is 3. The SMILES string of the molecule is O=C1NC(=O)N2c3ccccc3NC(=O)C12. The molecule has 0 spiro atoms. The van der Waals surface area contributed by atoms with Gasteiger partial charge in [-0.1, -0.05) is 12.1 Å². The Hall–Kier alpha value is -2.37. The standard InChI is InChI=1S/C10H7N3O3/c14-8-7-9(15)12-10(16)13(7)6-4-2-1-3-5(6)11-8/h1-4,7H,(H,11,14)(H,12,15,16). The summed E-state index contributed by atoms with van der Waals surface area (Å²) in [6, 6.07) is 5.21. The fourth-order valence-corrected chi connectivity index (χ4v) is 1.94. The first kappa shape index (κ1) is 8.90. The minimum atomic E-state index is -1.08. The molecule has 2 aliphatic rings. The van der Waals surface area contributed by atoms with E-state index in [4.69, 9.17) is 0 Å². The van der Waals surface area contributed by atoms with Gasteiger partial charge in [-0.05, 0) is 12.1 Å². The van der Waals surface area contributed by atoms with Crippen molar-refractivity contribution in [3.8, 4) is 0 Å². The summed E-state index contributed by atoms with van der Waals surface area (Å²) in [6.45, 7) is 0. The Morgan fingerprint density at radius 2 is 1.69 bits per heavy atom. The molecule has 6 nitrogen and oxygen atoms in total. The monoisotopic (exact) mass is 217 g/mol. The van der Waals surface area contributed by atoms with Gasteiger partial charge in [-0.3, -0.25) is 19.8 Å². The van der Waals surface area contributed by atoms with E-state index in [9.17, 15) is 14.4 Å². The first-order valence-electron chi connectivity index (χ1n) is 4.72. The lowest BCUT2D eigenvalue weighted by Gasteiger charge is -2.28. The number of imide groups is 1. The summed E-state index contributed by atoms with van der Waals surface area (Å²) in [5, 5.41) is 4.71. The molecule has 6 heteroatoms. The van der Waals surface area contributed by atoms with E-state index in [0.29, 0.717) is 11.4 Å². The predicted molar refractivity (Wildman–Crippen MR) is 54.9 cm³/mol. The Labute approximate surface area is 90.2 Å². The van der Waals surface area contributed by atoms with Crippen molar-refractivity contribution in [1.82, 2.24) is 5.32 Å². The van der Waals surface area contributed by atoms with Gasteiger partial charge in [0, 0.05) is 0 Å². The molecule has 3 rings (SSSR count). The van der Waals surface area contributed by atoms with Crippen molar-refractivity contribution in [2.24, 2.45) is 0 Å². The highest BCUT2D eigenvalue weighted by atomic mass is 16.2. The Morgan fingerprint density at radius 1 is 1.00 bits per heavy atom. The molecule has 1 aromatic carbocycles. The number of para-hydroxylation sites is 2. The van der Waals surface area contributed by atoms with Crippen LogP contribution in [0.1, 0.15) is 0 Å². The van der Waals surface area contributed by atoms with Crippen LogP contribution in [0.3, 0.4) is 0 Å². The van der Waals surface area contributed by atoms with Gasteiger partial charge in [-0.15, -0.1) is 0 Å². The third kappa shape index (κ3) is 0.979. The maximum absolute atomic E-state index is 11.6. The van der Waals surface area contributed by atoms with Crippen LogP contribution in [0.5, 0.6) is 0 Å². The summed E-state index contributed by atoms with van der Waals surface area (Å²) in [5.41, 5.74) is 1.07. The fraction of sp³-hybridized carbons (Fsp3) is 0.100. The minimum absolute atomic E-state index is 0.484. The van der Waals surface area contributed by atoms with Gasteiger partial charge in [-0.25, -0.2) is 4.79 Å². The van der Waals surface area contributed by atoms with Crippen LogP contribution >= 0.6 is 0 Å². The molecule has 0 aromatic heterocycles. The van der Waals surface area contributed by atoms with Crippen LogP contribution < -0.4 is 15.5 Å². The van der Waals surface area contributed by atoms with Crippen LogP contribution in [-0.4, -0.2) is 23.9 Å². The molecule has 2 heterocycles. The first-order valence-corrected chi connectivity index (χ1v) is 4.72. The molecule has 1 saturated heterocycles. The first-order chi connectivity index (χ1) is 7.68. The lowest BCUT2D eigenvalue weighted by atomic mass is 10.1. The van der Waals surface area contributed by atoms with E-state index in [0.717, 1.165) is 0 Å². The molecule has 2 aliphatic heterocycles. The van der Waals surface area contributed by atoms with Crippen LogP contribution in [0.25, 0.3) is 0 Å². The van der Waals surface area contributed by atoms with Gasteiger partial charge in [0.1, 0.15) is 0 Å². The van der Waals surface area contributed by atoms with Gasteiger partial charge in [-0.2, -0.15) is 0 Å². The number of amides is 4. The largest absolute Gasteiger partial charge is 0.329 e. The topological polar surface area (TPSA) is 78.5 Å². The molecule has 1 atom stereocenters. The van der Waals surface area contributed by atoms with E-state index in [1.807, 2.05) is 0 Å². The Balaban J connectivity index is 2.20. The smallest absolute Gasteiger partial charge is 0.322 e. The lowest BCUT2D eigenvalue weighted by Crippen LogP contribution is -2.48. The summed E-state index contributed by atoms with van der Waals surface area (Å²) >= 11 is 0. The third-order valence-electron chi connectivity index (χ3n) is 2.63. The number of nitrogens with one attached hydrogen (secondary N) is 2. The summed E-state index contributed by atoms with van der Waals surface area (Å²) in [5.74, 6) is -1.07. The van der Waals surface area contributed by atoms with Crippen molar-refractivity contribution < 1.29 is 14.4 Å². The zero-order valence-electron chi connectivity index (χ0n) is 8.06.